The van der Waals surface area contributed by atoms with Crippen LogP contribution >= 0.6 is 0 Å². The summed E-state index contributed by atoms with van der Waals surface area (Å²) in [6.07, 6.45) is 1.24. The Hall–Kier alpha value is -3.17. The van der Waals surface area contributed by atoms with Gasteiger partial charge in [-0.2, -0.15) is 10.4 Å². The molecule has 27 heavy (non-hydrogen) atoms. The summed E-state index contributed by atoms with van der Waals surface area (Å²) in [7, 11) is 0. The van der Waals surface area contributed by atoms with E-state index in [1.54, 1.807) is 0 Å². The van der Waals surface area contributed by atoms with Crippen LogP contribution in [0, 0.1) is 17.1 Å². The van der Waals surface area contributed by atoms with Crippen molar-refractivity contribution in [2.24, 2.45) is 0 Å². The second kappa shape index (κ2) is 8.97. The second-order valence-electron chi connectivity index (χ2n) is 6.01. The molecule has 0 atom stereocenters. The Balaban J connectivity index is 1.67. The van der Waals surface area contributed by atoms with Crippen LogP contribution in [0.2, 0.25) is 0 Å². The van der Waals surface area contributed by atoms with Crippen molar-refractivity contribution in [2.45, 2.75) is 26.4 Å². The van der Waals surface area contributed by atoms with E-state index in [4.69, 9.17) is 14.7 Å². The van der Waals surface area contributed by atoms with E-state index in [-0.39, 0.29) is 11.3 Å². The summed E-state index contributed by atoms with van der Waals surface area (Å²) in [4.78, 5) is 0. The highest BCUT2D eigenvalue weighted by atomic mass is 19.1. The van der Waals surface area contributed by atoms with Crippen LogP contribution in [0.15, 0.2) is 48.5 Å². The zero-order valence-electron chi connectivity index (χ0n) is 15.0. The molecule has 0 bridgehead atoms. The van der Waals surface area contributed by atoms with Crippen molar-refractivity contribution in [3.8, 4) is 17.6 Å². The maximum atomic E-state index is 13.7. The minimum absolute atomic E-state index is 0.208. The van der Waals surface area contributed by atoms with Crippen molar-refractivity contribution in [3.63, 3.8) is 0 Å². The molecule has 0 saturated heterocycles. The minimum Gasteiger partial charge on any atom is -0.453 e. The number of nitrogens with zero attached hydrogens (tertiary/aromatic N) is 2. The lowest BCUT2D eigenvalue weighted by Gasteiger charge is -2.09. The summed E-state index contributed by atoms with van der Waals surface area (Å²) in [5.74, 6) is 0.322. The summed E-state index contributed by atoms with van der Waals surface area (Å²) in [5, 5.41) is 16.2. The fraction of sp³-hybridized carbons (Fsp3) is 0.238. The van der Waals surface area contributed by atoms with Gasteiger partial charge in [0.05, 0.1) is 30.5 Å². The Labute approximate surface area is 157 Å². The highest BCUT2D eigenvalue weighted by Crippen LogP contribution is 2.29. The van der Waals surface area contributed by atoms with E-state index < -0.39 is 5.82 Å². The maximum Gasteiger partial charge on any atom is 0.171 e. The van der Waals surface area contributed by atoms with E-state index in [1.807, 2.05) is 43.3 Å². The Morgan fingerprint density at radius 2 is 2.00 bits per heavy atom. The Morgan fingerprint density at radius 1 is 1.19 bits per heavy atom. The summed E-state index contributed by atoms with van der Waals surface area (Å²) in [6.45, 7) is 2.98. The molecule has 0 amide bonds. The molecule has 0 spiro atoms. The first-order chi connectivity index (χ1) is 13.2. The SMILES string of the molecule is CCc1n[nH]c(CCOCc2ccccc2)c1Oc1cc(F)cc(C#N)c1. The van der Waals surface area contributed by atoms with Crippen LogP contribution in [0.1, 0.15) is 29.4 Å². The molecule has 1 heterocycles. The van der Waals surface area contributed by atoms with E-state index in [0.717, 1.165) is 17.0 Å². The molecule has 3 aromatic rings. The quantitative estimate of drug-likeness (QED) is 0.595. The lowest BCUT2D eigenvalue weighted by Crippen LogP contribution is -2.01. The fourth-order valence-corrected chi connectivity index (χ4v) is 2.68. The third-order valence-corrected chi connectivity index (χ3v) is 4.03. The van der Waals surface area contributed by atoms with E-state index in [1.165, 1.54) is 18.2 Å². The normalized spacial score (nSPS) is 10.6. The van der Waals surface area contributed by atoms with Gasteiger partial charge in [0.25, 0.3) is 0 Å². The van der Waals surface area contributed by atoms with Crippen molar-refractivity contribution < 1.29 is 13.9 Å². The lowest BCUT2D eigenvalue weighted by molar-refractivity contribution is 0.123. The predicted octanol–water partition coefficient (Wildman–Crippen LogP) is 4.53. The summed E-state index contributed by atoms with van der Waals surface area (Å²) in [6, 6.07) is 15.8. The first-order valence-electron chi connectivity index (χ1n) is 8.76. The fourth-order valence-electron chi connectivity index (χ4n) is 2.68. The molecule has 0 aliphatic heterocycles. The minimum atomic E-state index is -0.515. The van der Waals surface area contributed by atoms with Gasteiger partial charge in [-0.1, -0.05) is 37.3 Å². The first kappa shape index (κ1) is 18.6. The van der Waals surface area contributed by atoms with Crippen LogP contribution < -0.4 is 4.74 Å². The molecule has 6 heteroatoms. The largest absolute Gasteiger partial charge is 0.453 e. The van der Waals surface area contributed by atoms with Crippen LogP contribution in [0.25, 0.3) is 0 Å². The molecule has 0 saturated carbocycles. The van der Waals surface area contributed by atoms with Gasteiger partial charge in [0.2, 0.25) is 0 Å². The molecule has 5 nitrogen and oxygen atoms in total. The number of aromatic amines is 1. The number of aromatic nitrogens is 2. The highest BCUT2D eigenvalue weighted by molar-refractivity contribution is 5.42. The van der Waals surface area contributed by atoms with Gasteiger partial charge in [-0.3, -0.25) is 5.10 Å². The number of hydrogen-bond donors (Lipinski definition) is 1. The molecule has 138 valence electrons. The number of ether oxygens (including phenoxy) is 2. The van der Waals surface area contributed by atoms with Crippen molar-refractivity contribution in [3.05, 3.63) is 76.9 Å². The highest BCUT2D eigenvalue weighted by Gasteiger charge is 2.15. The number of rotatable bonds is 8. The number of aryl methyl sites for hydroxylation is 1. The molecule has 1 aromatic heterocycles. The van der Waals surface area contributed by atoms with Gasteiger partial charge in [-0.05, 0) is 24.1 Å². The van der Waals surface area contributed by atoms with Gasteiger partial charge >= 0.3 is 0 Å². The molecule has 1 N–H and O–H groups in total. The van der Waals surface area contributed by atoms with Crippen molar-refractivity contribution in [2.75, 3.05) is 6.61 Å². The predicted molar refractivity (Wildman–Crippen MR) is 99.0 cm³/mol. The molecular formula is C21H20FN3O2. The van der Waals surface area contributed by atoms with Crippen LogP contribution in [-0.4, -0.2) is 16.8 Å². The van der Waals surface area contributed by atoms with E-state index >= 15 is 0 Å². The van der Waals surface area contributed by atoms with Crippen molar-refractivity contribution in [1.82, 2.24) is 10.2 Å². The molecule has 0 fully saturated rings. The van der Waals surface area contributed by atoms with E-state index in [9.17, 15) is 4.39 Å². The second-order valence-corrected chi connectivity index (χ2v) is 6.01. The number of H-pyrrole nitrogens is 1. The van der Waals surface area contributed by atoms with Gasteiger partial charge in [0, 0.05) is 12.5 Å². The molecule has 0 aliphatic rings. The number of nitriles is 1. The van der Waals surface area contributed by atoms with E-state index in [0.29, 0.717) is 31.8 Å². The molecular weight excluding hydrogens is 345 g/mol. The standard InChI is InChI=1S/C21H20FN3O2/c1-2-19-21(27-18-11-16(13-23)10-17(22)12-18)20(25-24-19)8-9-26-14-15-6-4-3-5-7-15/h3-7,10-12H,2,8-9,14H2,1H3,(H,24,25). The number of hydrogen-bond acceptors (Lipinski definition) is 4. The topological polar surface area (TPSA) is 70.9 Å². The Kier molecular flexibility index (Phi) is 6.18. The van der Waals surface area contributed by atoms with Crippen LogP contribution in [0.4, 0.5) is 4.39 Å². The van der Waals surface area contributed by atoms with Crippen LogP contribution in [-0.2, 0) is 24.2 Å². The summed E-state index contributed by atoms with van der Waals surface area (Å²) >= 11 is 0. The number of benzene rings is 2. The van der Waals surface area contributed by atoms with Gasteiger partial charge in [0.15, 0.2) is 5.75 Å². The van der Waals surface area contributed by atoms with Crippen molar-refractivity contribution in [1.29, 1.82) is 5.26 Å². The third kappa shape index (κ3) is 4.93. The van der Waals surface area contributed by atoms with Crippen LogP contribution in [0.5, 0.6) is 11.5 Å². The molecule has 3 rings (SSSR count). The first-order valence-corrected chi connectivity index (χ1v) is 8.76. The lowest BCUT2D eigenvalue weighted by atomic mass is 10.2. The Bertz CT molecular complexity index is 932. The van der Waals surface area contributed by atoms with Gasteiger partial charge in [-0.25, -0.2) is 4.39 Å². The molecule has 2 aromatic carbocycles. The van der Waals surface area contributed by atoms with Crippen molar-refractivity contribution >= 4 is 0 Å². The van der Waals surface area contributed by atoms with Gasteiger partial charge in [-0.15, -0.1) is 0 Å². The number of halogens is 1. The van der Waals surface area contributed by atoms with Crippen LogP contribution in [0.3, 0.4) is 0 Å². The number of nitrogens with one attached hydrogen (secondary N) is 1. The maximum absolute atomic E-state index is 13.7. The monoisotopic (exact) mass is 365 g/mol. The average molecular weight is 365 g/mol. The molecule has 0 unspecified atom stereocenters. The Morgan fingerprint density at radius 3 is 2.74 bits per heavy atom. The third-order valence-electron chi connectivity index (χ3n) is 4.03. The van der Waals surface area contributed by atoms with E-state index in [2.05, 4.69) is 10.2 Å². The van der Waals surface area contributed by atoms with Gasteiger partial charge < -0.3 is 9.47 Å². The smallest absolute Gasteiger partial charge is 0.171 e. The van der Waals surface area contributed by atoms with Gasteiger partial charge in [0.1, 0.15) is 17.3 Å². The molecule has 0 radical (unpaired) electrons. The molecule has 0 aliphatic carbocycles. The summed E-state index contributed by atoms with van der Waals surface area (Å²) < 4.78 is 25.3. The zero-order valence-corrected chi connectivity index (χ0v) is 15.0. The zero-order chi connectivity index (χ0) is 19.1. The summed E-state index contributed by atoms with van der Waals surface area (Å²) in [5.41, 5.74) is 2.84. The average Bonchev–Trinajstić information content (AvgIpc) is 3.07.